The lowest BCUT2D eigenvalue weighted by molar-refractivity contribution is -0.141. The Morgan fingerprint density at radius 3 is 2.40 bits per heavy atom. The van der Waals surface area contributed by atoms with Crippen LogP contribution in [0.15, 0.2) is 0 Å². The number of thiazole rings is 1. The van der Waals surface area contributed by atoms with Crippen LogP contribution in [0.4, 0.5) is 18.3 Å². The molecule has 3 nitrogen and oxygen atoms in total. The van der Waals surface area contributed by atoms with Crippen molar-refractivity contribution in [2.75, 3.05) is 26.0 Å². The fourth-order valence-electron chi connectivity index (χ4n) is 1.03. The number of nitrogens with one attached hydrogen (secondary N) is 1. The second-order valence-corrected chi connectivity index (χ2v) is 4.25. The van der Waals surface area contributed by atoms with Gasteiger partial charge in [0.05, 0.1) is 4.88 Å². The smallest absolute Gasteiger partial charge is 0.354 e. The maximum Gasteiger partial charge on any atom is 0.434 e. The van der Waals surface area contributed by atoms with Gasteiger partial charge in [-0.05, 0) is 7.05 Å². The van der Waals surface area contributed by atoms with Crippen LogP contribution in [0.1, 0.15) is 10.6 Å². The average molecular weight is 239 g/mol. The van der Waals surface area contributed by atoms with E-state index in [1.165, 1.54) is 0 Å². The van der Waals surface area contributed by atoms with Gasteiger partial charge in [0.15, 0.2) is 10.8 Å². The van der Waals surface area contributed by atoms with Crippen molar-refractivity contribution in [2.45, 2.75) is 12.7 Å². The number of rotatable bonds is 3. The zero-order valence-corrected chi connectivity index (χ0v) is 9.46. The first-order valence-electron chi connectivity index (χ1n) is 4.25. The molecule has 0 amide bonds. The van der Waals surface area contributed by atoms with E-state index in [1.54, 1.807) is 26.0 Å². The molecule has 0 aliphatic rings. The lowest BCUT2D eigenvalue weighted by Crippen LogP contribution is -2.13. The van der Waals surface area contributed by atoms with Crippen LogP contribution >= 0.6 is 11.3 Å². The molecular weight excluding hydrogens is 227 g/mol. The van der Waals surface area contributed by atoms with E-state index in [9.17, 15) is 13.2 Å². The van der Waals surface area contributed by atoms with E-state index in [0.29, 0.717) is 5.13 Å². The summed E-state index contributed by atoms with van der Waals surface area (Å²) in [5, 5.41) is 3.07. The SMILES string of the molecule is CNCc1sc(N(C)C)nc1C(F)(F)F. The summed E-state index contributed by atoms with van der Waals surface area (Å²) < 4.78 is 37.6. The van der Waals surface area contributed by atoms with Crippen molar-refractivity contribution in [1.82, 2.24) is 10.3 Å². The lowest BCUT2D eigenvalue weighted by Gasteiger charge is -2.06. The highest BCUT2D eigenvalue weighted by Crippen LogP contribution is 2.36. The quantitative estimate of drug-likeness (QED) is 0.873. The maximum absolute atomic E-state index is 12.5. The number of nitrogens with zero attached hydrogens (tertiary/aromatic N) is 2. The second-order valence-electron chi connectivity index (χ2n) is 3.19. The Labute approximate surface area is 89.9 Å². The Kier molecular flexibility index (Phi) is 3.56. The zero-order valence-electron chi connectivity index (χ0n) is 8.64. The van der Waals surface area contributed by atoms with Crippen molar-refractivity contribution < 1.29 is 13.2 Å². The second kappa shape index (κ2) is 4.36. The molecule has 0 atom stereocenters. The van der Waals surface area contributed by atoms with Crippen LogP contribution in [0.25, 0.3) is 0 Å². The van der Waals surface area contributed by atoms with Crippen LogP contribution in [0, 0.1) is 0 Å². The number of aromatic nitrogens is 1. The molecule has 0 saturated carbocycles. The van der Waals surface area contributed by atoms with Crippen LogP contribution in [0.3, 0.4) is 0 Å². The Balaban J connectivity index is 3.12. The Bertz CT molecular complexity index is 332. The minimum Gasteiger partial charge on any atom is -0.354 e. The largest absolute Gasteiger partial charge is 0.434 e. The molecule has 0 aromatic carbocycles. The van der Waals surface area contributed by atoms with Crippen molar-refractivity contribution in [3.8, 4) is 0 Å². The van der Waals surface area contributed by atoms with Crippen LogP contribution in [-0.4, -0.2) is 26.1 Å². The van der Waals surface area contributed by atoms with E-state index in [1.807, 2.05) is 0 Å². The fraction of sp³-hybridized carbons (Fsp3) is 0.625. The summed E-state index contributed by atoms with van der Waals surface area (Å²) in [4.78, 5) is 5.36. The summed E-state index contributed by atoms with van der Waals surface area (Å²) in [5.41, 5.74) is -0.787. The van der Waals surface area contributed by atoms with Gasteiger partial charge in [0.2, 0.25) is 0 Å². The molecule has 1 rings (SSSR count). The summed E-state index contributed by atoms with van der Waals surface area (Å²) in [6.07, 6.45) is -4.38. The highest BCUT2D eigenvalue weighted by molar-refractivity contribution is 7.15. The van der Waals surface area contributed by atoms with Gasteiger partial charge in [-0.1, -0.05) is 11.3 Å². The number of anilines is 1. The minimum atomic E-state index is -4.38. The summed E-state index contributed by atoms with van der Waals surface area (Å²) in [6.45, 7) is 0.181. The molecule has 0 aliphatic carbocycles. The molecule has 0 radical (unpaired) electrons. The predicted octanol–water partition coefficient (Wildman–Crippen LogP) is 1.95. The third-order valence-corrected chi connectivity index (χ3v) is 2.90. The van der Waals surface area contributed by atoms with Crippen LogP contribution < -0.4 is 10.2 Å². The molecule has 0 fully saturated rings. The van der Waals surface area contributed by atoms with Crippen molar-refractivity contribution in [3.05, 3.63) is 10.6 Å². The first kappa shape index (κ1) is 12.3. The summed E-state index contributed by atoms with van der Waals surface area (Å²) >= 11 is 1.05. The minimum absolute atomic E-state index is 0.181. The Hall–Kier alpha value is -0.820. The molecule has 0 spiro atoms. The van der Waals surface area contributed by atoms with Gasteiger partial charge >= 0.3 is 6.18 Å². The van der Waals surface area contributed by atoms with Gasteiger partial charge in [-0.25, -0.2) is 4.98 Å². The molecule has 0 saturated heterocycles. The summed E-state index contributed by atoms with van der Waals surface area (Å²) in [7, 11) is 4.94. The maximum atomic E-state index is 12.5. The molecule has 7 heteroatoms. The van der Waals surface area contributed by atoms with Gasteiger partial charge in [-0.2, -0.15) is 13.2 Å². The fourth-order valence-corrected chi connectivity index (χ4v) is 2.05. The Morgan fingerprint density at radius 2 is 2.00 bits per heavy atom. The number of alkyl halides is 3. The van der Waals surface area contributed by atoms with E-state index >= 15 is 0 Å². The van der Waals surface area contributed by atoms with Gasteiger partial charge < -0.3 is 10.2 Å². The van der Waals surface area contributed by atoms with E-state index in [-0.39, 0.29) is 11.4 Å². The van der Waals surface area contributed by atoms with E-state index < -0.39 is 11.9 Å². The summed E-state index contributed by atoms with van der Waals surface area (Å²) in [6, 6.07) is 0. The number of hydrogen-bond acceptors (Lipinski definition) is 4. The molecule has 0 unspecified atom stereocenters. The summed E-state index contributed by atoms with van der Waals surface area (Å²) in [5.74, 6) is 0. The predicted molar refractivity (Wildman–Crippen MR) is 54.2 cm³/mol. The van der Waals surface area contributed by atoms with Gasteiger partial charge in [0.25, 0.3) is 0 Å². The first-order valence-corrected chi connectivity index (χ1v) is 5.06. The topological polar surface area (TPSA) is 28.2 Å². The average Bonchev–Trinajstić information content (AvgIpc) is 2.48. The van der Waals surface area contributed by atoms with Gasteiger partial charge in [0, 0.05) is 20.6 Å². The van der Waals surface area contributed by atoms with Gasteiger partial charge in [-0.3, -0.25) is 0 Å². The first-order chi connectivity index (χ1) is 6.86. The number of halogens is 3. The van der Waals surface area contributed by atoms with E-state index in [2.05, 4.69) is 10.3 Å². The molecule has 0 bridgehead atoms. The highest BCUT2D eigenvalue weighted by atomic mass is 32.1. The monoisotopic (exact) mass is 239 g/mol. The van der Waals surface area contributed by atoms with Gasteiger partial charge in [-0.15, -0.1) is 0 Å². The van der Waals surface area contributed by atoms with E-state index in [0.717, 1.165) is 11.3 Å². The third kappa shape index (κ3) is 2.82. The third-order valence-electron chi connectivity index (χ3n) is 1.67. The van der Waals surface area contributed by atoms with Crippen LogP contribution in [-0.2, 0) is 12.7 Å². The molecular formula is C8H12F3N3S. The van der Waals surface area contributed by atoms with Gasteiger partial charge in [0.1, 0.15) is 0 Å². The molecule has 15 heavy (non-hydrogen) atoms. The van der Waals surface area contributed by atoms with Crippen LogP contribution in [0.2, 0.25) is 0 Å². The standard InChI is InChI=1S/C8H12F3N3S/c1-12-4-5-6(8(9,10)11)13-7(15-5)14(2)3/h12H,4H2,1-3H3. The van der Waals surface area contributed by atoms with E-state index in [4.69, 9.17) is 0 Å². The molecule has 1 aromatic heterocycles. The normalized spacial score (nSPS) is 11.9. The molecule has 86 valence electrons. The highest BCUT2D eigenvalue weighted by Gasteiger charge is 2.37. The molecule has 1 heterocycles. The lowest BCUT2D eigenvalue weighted by atomic mass is 10.3. The number of hydrogen-bond donors (Lipinski definition) is 1. The van der Waals surface area contributed by atoms with Crippen LogP contribution in [0.5, 0.6) is 0 Å². The van der Waals surface area contributed by atoms with Crippen molar-refractivity contribution >= 4 is 16.5 Å². The molecule has 1 N–H and O–H groups in total. The Morgan fingerprint density at radius 1 is 1.40 bits per heavy atom. The van der Waals surface area contributed by atoms with Crippen molar-refractivity contribution in [1.29, 1.82) is 0 Å². The zero-order chi connectivity index (χ0) is 11.6. The molecule has 1 aromatic rings. The molecule has 0 aliphatic heterocycles. The van der Waals surface area contributed by atoms with Crippen molar-refractivity contribution in [2.24, 2.45) is 0 Å². The van der Waals surface area contributed by atoms with Crippen molar-refractivity contribution in [3.63, 3.8) is 0 Å².